The molecule has 7 rings (SSSR count). The van der Waals surface area contributed by atoms with Crippen LogP contribution in [0, 0.1) is 0 Å². The van der Waals surface area contributed by atoms with Gasteiger partial charge in [-0.1, -0.05) is 34.5 Å². The molecule has 1 saturated heterocycles. The van der Waals surface area contributed by atoms with Crippen molar-refractivity contribution in [3.63, 3.8) is 0 Å². The van der Waals surface area contributed by atoms with Gasteiger partial charge in [-0.25, -0.2) is 13.1 Å². The van der Waals surface area contributed by atoms with Crippen LogP contribution in [0.15, 0.2) is 90.0 Å². The van der Waals surface area contributed by atoms with Gasteiger partial charge in [-0.3, -0.25) is 43.7 Å². The Hall–Kier alpha value is -6.88. The number of ether oxygens (including phenoxy) is 2. The number of nitrogens with one attached hydrogen (secondary N) is 4. The summed E-state index contributed by atoms with van der Waals surface area (Å²) < 4.78 is 82.5. The summed E-state index contributed by atoms with van der Waals surface area (Å²) in [5, 5.41) is 15.5. The summed E-state index contributed by atoms with van der Waals surface area (Å²) >= 11 is 11.8. The molecule has 0 saturated carbocycles. The van der Waals surface area contributed by atoms with Gasteiger partial charge in [0.05, 0.1) is 68.3 Å². The number of carbonyl (C=O) groups excluding carboxylic acids is 6. The minimum Gasteiger partial charge on any atom is -0.455 e. The average Bonchev–Trinajstić information content (AvgIpc) is 3.86. The molecule has 18 nitrogen and oxygen atoms in total. The van der Waals surface area contributed by atoms with Crippen LogP contribution in [0.3, 0.4) is 0 Å². The molecular weight excluding hydrogens is 985 g/mol. The zero-order valence-corrected chi connectivity index (χ0v) is 39.9. The van der Waals surface area contributed by atoms with Crippen molar-refractivity contribution in [2.45, 2.75) is 88.2 Å². The van der Waals surface area contributed by atoms with Gasteiger partial charge >= 0.3 is 6.18 Å². The number of hydrogen-bond acceptors (Lipinski definition) is 12. The molecule has 1 atom stereocenters. The molecule has 6 amide bonds. The molecule has 1 unspecified atom stereocenters. The van der Waals surface area contributed by atoms with Crippen LogP contribution in [0.1, 0.15) is 95.7 Å². The van der Waals surface area contributed by atoms with E-state index in [2.05, 4.69) is 31.0 Å². The van der Waals surface area contributed by atoms with Crippen molar-refractivity contribution >= 4 is 80.0 Å². The van der Waals surface area contributed by atoms with E-state index in [9.17, 15) is 50.4 Å². The van der Waals surface area contributed by atoms with Gasteiger partial charge in [0, 0.05) is 23.6 Å². The molecule has 0 spiro atoms. The van der Waals surface area contributed by atoms with Crippen molar-refractivity contribution in [3.05, 3.63) is 123 Å². The van der Waals surface area contributed by atoms with Crippen molar-refractivity contribution in [1.29, 1.82) is 0 Å². The number of aromatic nitrogens is 3. The predicted octanol–water partition coefficient (Wildman–Crippen LogP) is 7.48. The highest BCUT2D eigenvalue weighted by molar-refractivity contribution is 7.92. The maximum absolute atomic E-state index is 13.4. The summed E-state index contributed by atoms with van der Waals surface area (Å²) in [5.74, 6) is -3.51. The van der Waals surface area contributed by atoms with Crippen LogP contribution in [-0.4, -0.2) is 82.0 Å². The smallest absolute Gasteiger partial charge is 0.417 e. The van der Waals surface area contributed by atoms with E-state index in [1.54, 1.807) is 24.7 Å². The summed E-state index contributed by atoms with van der Waals surface area (Å²) in [5.41, 5.74) is -2.36. The molecule has 0 aliphatic carbocycles. The number of halogens is 5. The first-order valence-corrected chi connectivity index (χ1v) is 23.5. The second kappa shape index (κ2) is 19.9. The third-order valence-corrected chi connectivity index (χ3v) is 13.1. The Bertz CT molecular complexity index is 3040. The largest absolute Gasteiger partial charge is 0.455 e. The molecule has 1 aromatic heterocycles. The molecule has 70 heavy (non-hydrogen) atoms. The number of sulfonamides is 1. The molecule has 2 aliphatic rings. The molecule has 4 N–H and O–H groups in total. The Morgan fingerprint density at radius 3 is 2.34 bits per heavy atom. The molecule has 24 heteroatoms. The third-order valence-electron chi connectivity index (χ3n) is 11.2. The predicted molar refractivity (Wildman–Crippen MR) is 247 cm³/mol. The number of carbonyl (C=O) groups is 6. The Kier molecular flexibility index (Phi) is 14.5. The fraction of sp³-hybridized carbons (Fsp3) is 0.304. The molecule has 0 bridgehead atoms. The first-order valence-electron chi connectivity index (χ1n) is 21.3. The fourth-order valence-electron chi connectivity index (χ4n) is 7.46. The van der Waals surface area contributed by atoms with Crippen LogP contribution in [-0.2, 0) is 47.4 Å². The highest BCUT2D eigenvalue weighted by Crippen LogP contribution is 2.38. The summed E-state index contributed by atoms with van der Waals surface area (Å²) in [7, 11) is -4.59. The first kappa shape index (κ1) is 51.0. The van der Waals surface area contributed by atoms with Crippen molar-refractivity contribution in [2.75, 3.05) is 16.6 Å². The number of hydrogen-bond donors (Lipinski definition) is 4. The Balaban J connectivity index is 0.888. The average molecular weight is 1030 g/mol. The summed E-state index contributed by atoms with van der Waals surface area (Å²) in [6.07, 6.45) is -2.98. The van der Waals surface area contributed by atoms with Gasteiger partial charge in [-0.15, -0.1) is 5.10 Å². The lowest BCUT2D eigenvalue weighted by molar-refractivity contribution is -0.138. The first-order chi connectivity index (χ1) is 32.8. The highest BCUT2D eigenvalue weighted by atomic mass is 35.5. The van der Waals surface area contributed by atoms with Gasteiger partial charge in [-0.2, -0.15) is 13.2 Å². The SMILES string of the molecule is CC(C)(CC(=O)Nc1cccc2c1C(=O)N(C1CCC(=O)NC1=O)C2=O)OCCC(C)(C)n1cc(CNC(=O)c2ccc(Oc3ccc(Cl)cc3NS(=O)(=O)c3ccc(Cl)c(C(F)(F)F)c3)cc2)nn1. The number of fused-ring (bicyclic) bond motifs is 1. The number of benzene rings is 4. The summed E-state index contributed by atoms with van der Waals surface area (Å²) in [4.78, 5) is 77.3. The van der Waals surface area contributed by atoms with E-state index in [1.807, 2.05) is 13.8 Å². The van der Waals surface area contributed by atoms with Crippen LogP contribution in [0.5, 0.6) is 11.5 Å². The highest BCUT2D eigenvalue weighted by Gasteiger charge is 2.46. The van der Waals surface area contributed by atoms with E-state index < -0.39 is 84.3 Å². The quantitative estimate of drug-likeness (QED) is 0.0664. The molecular formula is C46H43Cl2F3N8O10S. The van der Waals surface area contributed by atoms with Gasteiger partial charge in [0.15, 0.2) is 5.75 Å². The van der Waals surface area contributed by atoms with E-state index in [0.717, 1.165) is 17.0 Å². The van der Waals surface area contributed by atoms with E-state index in [4.69, 9.17) is 32.7 Å². The number of rotatable bonds is 17. The van der Waals surface area contributed by atoms with Crippen molar-refractivity contribution in [3.8, 4) is 11.5 Å². The lowest BCUT2D eigenvalue weighted by atomic mass is 10.0. The summed E-state index contributed by atoms with van der Waals surface area (Å²) in [6, 6.07) is 15.2. The Morgan fingerprint density at radius 2 is 1.64 bits per heavy atom. The number of piperidine rings is 1. The molecule has 0 radical (unpaired) electrons. The molecule has 2 aliphatic heterocycles. The second-order valence-electron chi connectivity index (χ2n) is 17.4. The summed E-state index contributed by atoms with van der Waals surface area (Å²) in [6.45, 7) is 7.45. The number of alkyl halides is 3. The minimum atomic E-state index is -4.90. The molecule has 5 aromatic rings. The van der Waals surface area contributed by atoms with Gasteiger partial charge in [0.2, 0.25) is 17.7 Å². The van der Waals surface area contributed by atoms with Crippen molar-refractivity contribution < 1.29 is 59.8 Å². The Morgan fingerprint density at radius 1 is 0.914 bits per heavy atom. The van der Waals surface area contributed by atoms with E-state index in [1.165, 1.54) is 60.7 Å². The zero-order valence-electron chi connectivity index (χ0n) is 37.6. The minimum absolute atomic E-state index is 0.00895. The normalized spacial score (nSPS) is 15.4. The van der Waals surface area contributed by atoms with Gasteiger partial charge < -0.3 is 20.1 Å². The second-order valence-corrected chi connectivity index (χ2v) is 19.9. The monoisotopic (exact) mass is 1030 g/mol. The van der Waals surface area contributed by atoms with E-state index in [0.29, 0.717) is 18.2 Å². The number of nitrogens with zero attached hydrogens (tertiary/aromatic N) is 4. The van der Waals surface area contributed by atoms with E-state index >= 15 is 0 Å². The van der Waals surface area contributed by atoms with Gasteiger partial charge in [0.1, 0.15) is 17.5 Å². The lowest BCUT2D eigenvalue weighted by Crippen LogP contribution is -2.54. The molecule has 3 heterocycles. The molecule has 1 fully saturated rings. The lowest BCUT2D eigenvalue weighted by Gasteiger charge is -2.29. The van der Waals surface area contributed by atoms with Crippen LogP contribution < -0.4 is 25.4 Å². The zero-order chi connectivity index (χ0) is 50.9. The fourth-order valence-corrected chi connectivity index (χ4v) is 8.94. The van der Waals surface area contributed by atoms with Crippen molar-refractivity contribution in [2.24, 2.45) is 0 Å². The molecule has 4 aromatic carbocycles. The van der Waals surface area contributed by atoms with Crippen LogP contribution >= 0.6 is 23.2 Å². The van der Waals surface area contributed by atoms with Gasteiger partial charge in [-0.05, 0) is 113 Å². The van der Waals surface area contributed by atoms with Crippen molar-refractivity contribution in [1.82, 2.24) is 30.5 Å². The number of imide groups is 2. The van der Waals surface area contributed by atoms with Gasteiger partial charge in [0.25, 0.3) is 27.7 Å². The number of amides is 6. The maximum atomic E-state index is 13.4. The van der Waals surface area contributed by atoms with Crippen LogP contribution in [0.2, 0.25) is 10.0 Å². The standard InChI is InChI=1S/C46H43Cl2F3N8O10S/c1-44(2,18-19-68-45(3,4)22-38(61)53-33-7-5-6-30-39(33)43(65)59(42(30)64)35-15-17-37(60)54-41(35)63)58-24-27(55-57-58)23-52-40(62)25-8-11-28(12-9-25)69-36-16-10-26(47)20-34(36)56-70(66,67)29-13-14-32(48)31(21-29)46(49,50)51/h5-14,16,20-21,24,35,56H,15,17-19,22-23H2,1-4H3,(H,52,62)(H,53,61)(H,54,60,63). The van der Waals surface area contributed by atoms with E-state index in [-0.39, 0.29) is 77.0 Å². The third kappa shape index (κ3) is 11.6. The molecule has 368 valence electrons. The maximum Gasteiger partial charge on any atom is 0.417 e. The van der Waals surface area contributed by atoms with Crippen LogP contribution in [0.25, 0.3) is 0 Å². The topological polar surface area (TPSA) is 237 Å². The number of anilines is 2. The van der Waals surface area contributed by atoms with Crippen LogP contribution in [0.4, 0.5) is 24.5 Å². The Labute approximate surface area is 408 Å².